The second-order valence-electron chi connectivity index (χ2n) is 5.53. The van der Waals surface area contributed by atoms with E-state index in [9.17, 15) is 13.6 Å². The molecule has 1 unspecified atom stereocenters. The molecule has 1 aromatic heterocycles. The Labute approximate surface area is 136 Å². The molecule has 1 aliphatic heterocycles. The molecule has 4 nitrogen and oxygen atoms in total. The van der Waals surface area contributed by atoms with Crippen molar-refractivity contribution in [1.29, 1.82) is 0 Å². The van der Waals surface area contributed by atoms with Crippen LogP contribution in [0, 0.1) is 11.6 Å². The maximum atomic E-state index is 13.5. The minimum Gasteiger partial charge on any atom is -0.346 e. The number of rotatable bonds is 4. The molecule has 1 aromatic carbocycles. The van der Waals surface area contributed by atoms with Crippen molar-refractivity contribution in [1.82, 2.24) is 15.6 Å². The number of aromatic nitrogens is 1. The van der Waals surface area contributed by atoms with E-state index in [4.69, 9.17) is 0 Å². The standard InChI is InChI=1S/C16H17F2N3OS/c17-12-3-4-13(18)11(6-12)8-20-15(22)14-9-23-16(21-14)10-2-1-5-19-7-10/h3-4,6,9-10,19H,1-2,5,7-8H2,(H,20,22). The third kappa shape index (κ3) is 3.92. The minimum atomic E-state index is -0.543. The highest BCUT2D eigenvalue weighted by molar-refractivity contribution is 7.09. The first-order valence-electron chi connectivity index (χ1n) is 7.52. The molecule has 122 valence electrons. The van der Waals surface area contributed by atoms with Crippen LogP contribution in [-0.4, -0.2) is 24.0 Å². The van der Waals surface area contributed by atoms with Crippen LogP contribution in [0.3, 0.4) is 0 Å². The minimum absolute atomic E-state index is 0.0692. The van der Waals surface area contributed by atoms with Crippen LogP contribution in [0.5, 0.6) is 0 Å². The Morgan fingerprint density at radius 3 is 3.09 bits per heavy atom. The lowest BCUT2D eigenvalue weighted by Crippen LogP contribution is -2.28. The number of amides is 1. The fourth-order valence-corrected chi connectivity index (χ4v) is 3.52. The summed E-state index contributed by atoms with van der Waals surface area (Å²) >= 11 is 1.47. The maximum Gasteiger partial charge on any atom is 0.271 e. The van der Waals surface area contributed by atoms with E-state index < -0.39 is 11.6 Å². The van der Waals surface area contributed by atoms with Crippen LogP contribution in [0.15, 0.2) is 23.6 Å². The Morgan fingerprint density at radius 2 is 2.30 bits per heavy atom. The van der Waals surface area contributed by atoms with Gasteiger partial charge in [0.2, 0.25) is 0 Å². The molecule has 0 saturated carbocycles. The van der Waals surface area contributed by atoms with E-state index in [1.54, 1.807) is 5.38 Å². The van der Waals surface area contributed by atoms with Crippen molar-refractivity contribution < 1.29 is 13.6 Å². The average molecular weight is 337 g/mol. The molecule has 3 rings (SSSR count). The van der Waals surface area contributed by atoms with E-state index >= 15 is 0 Å². The highest BCUT2D eigenvalue weighted by atomic mass is 32.1. The molecule has 0 spiro atoms. The molecule has 1 atom stereocenters. The van der Waals surface area contributed by atoms with E-state index in [1.807, 2.05) is 0 Å². The van der Waals surface area contributed by atoms with Gasteiger partial charge in [-0.15, -0.1) is 11.3 Å². The van der Waals surface area contributed by atoms with Crippen LogP contribution < -0.4 is 10.6 Å². The molecule has 1 aliphatic rings. The fourth-order valence-electron chi connectivity index (χ4n) is 2.59. The van der Waals surface area contributed by atoms with Crippen LogP contribution >= 0.6 is 11.3 Å². The van der Waals surface area contributed by atoms with Crippen molar-refractivity contribution >= 4 is 17.2 Å². The second kappa shape index (κ2) is 7.14. The van der Waals surface area contributed by atoms with Crippen molar-refractivity contribution in [3.8, 4) is 0 Å². The largest absolute Gasteiger partial charge is 0.346 e. The van der Waals surface area contributed by atoms with Gasteiger partial charge in [0, 0.05) is 30.0 Å². The van der Waals surface area contributed by atoms with E-state index in [0.717, 1.165) is 49.1 Å². The van der Waals surface area contributed by atoms with Crippen molar-refractivity contribution in [3.05, 3.63) is 51.5 Å². The molecule has 23 heavy (non-hydrogen) atoms. The van der Waals surface area contributed by atoms with Gasteiger partial charge < -0.3 is 10.6 Å². The van der Waals surface area contributed by atoms with Crippen molar-refractivity contribution in [2.45, 2.75) is 25.3 Å². The van der Waals surface area contributed by atoms with Gasteiger partial charge in [-0.3, -0.25) is 4.79 Å². The second-order valence-corrected chi connectivity index (χ2v) is 6.42. The highest BCUT2D eigenvalue weighted by Crippen LogP contribution is 2.26. The molecular formula is C16H17F2N3OS. The Kier molecular flexibility index (Phi) is 4.97. The molecule has 7 heteroatoms. The smallest absolute Gasteiger partial charge is 0.271 e. The first kappa shape index (κ1) is 16.0. The molecule has 2 heterocycles. The first-order valence-corrected chi connectivity index (χ1v) is 8.39. The molecule has 2 aromatic rings. The lowest BCUT2D eigenvalue weighted by molar-refractivity contribution is 0.0946. The molecule has 1 fully saturated rings. The van der Waals surface area contributed by atoms with E-state index in [-0.39, 0.29) is 18.0 Å². The van der Waals surface area contributed by atoms with Gasteiger partial charge >= 0.3 is 0 Å². The summed E-state index contributed by atoms with van der Waals surface area (Å²) < 4.78 is 26.6. The number of hydrogen-bond acceptors (Lipinski definition) is 4. The van der Waals surface area contributed by atoms with E-state index in [2.05, 4.69) is 15.6 Å². The molecule has 1 saturated heterocycles. The number of carbonyl (C=O) groups is 1. The topological polar surface area (TPSA) is 54.0 Å². The molecule has 1 amide bonds. The number of carbonyl (C=O) groups excluding carboxylic acids is 1. The number of nitrogens with one attached hydrogen (secondary N) is 2. The summed E-state index contributed by atoms with van der Waals surface area (Å²) in [6, 6.07) is 3.18. The highest BCUT2D eigenvalue weighted by Gasteiger charge is 2.20. The van der Waals surface area contributed by atoms with Crippen molar-refractivity contribution in [2.24, 2.45) is 0 Å². The van der Waals surface area contributed by atoms with Gasteiger partial charge in [0.05, 0.1) is 5.01 Å². The first-order chi connectivity index (χ1) is 11.1. The predicted molar refractivity (Wildman–Crippen MR) is 84.5 cm³/mol. The third-order valence-corrected chi connectivity index (χ3v) is 4.86. The zero-order chi connectivity index (χ0) is 16.2. The van der Waals surface area contributed by atoms with Crippen LogP contribution in [0.1, 0.15) is 39.8 Å². The fraction of sp³-hybridized carbons (Fsp3) is 0.375. The number of benzene rings is 1. The number of thiazole rings is 1. The summed E-state index contributed by atoms with van der Waals surface area (Å²) in [4.78, 5) is 16.5. The van der Waals surface area contributed by atoms with Gasteiger partial charge in [0.15, 0.2) is 0 Å². The zero-order valence-electron chi connectivity index (χ0n) is 12.4. The van der Waals surface area contributed by atoms with E-state index in [0.29, 0.717) is 11.6 Å². The van der Waals surface area contributed by atoms with Crippen LogP contribution in [0.2, 0.25) is 0 Å². The predicted octanol–water partition coefficient (Wildman–Crippen LogP) is 2.82. The van der Waals surface area contributed by atoms with E-state index in [1.165, 1.54) is 11.3 Å². The molecule has 0 aliphatic carbocycles. The van der Waals surface area contributed by atoms with Crippen molar-refractivity contribution in [3.63, 3.8) is 0 Å². The number of halogens is 2. The van der Waals surface area contributed by atoms with Gasteiger partial charge in [-0.2, -0.15) is 0 Å². The zero-order valence-corrected chi connectivity index (χ0v) is 13.3. The molecule has 0 radical (unpaired) electrons. The quantitative estimate of drug-likeness (QED) is 0.902. The number of nitrogens with zero attached hydrogens (tertiary/aromatic N) is 1. The van der Waals surface area contributed by atoms with Crippen LogP contribution in [0.4, 0.5) is 8.78 Å². The third-order valence-electron chi connectivity index (χ3n) is 3.85. The maximum absolute atomic E-state index is 13.5. The normalized spacial score (nSPS) is 17.9. The molecule has 0 bridgehead atoms. The summed E-state index contributed by atoms with van der Waals surface area (Å²) in [7, 11) is 0. The van der Waals surface area contributed by atoms with Crippen molar-refractivity contribution in [2.75, 3.05) is 13.1 Å². The van der Waals surface area contributed by atoms with Gasteiger partial charge in [0.1, 0.15) is 17.3 Å². The van der Waals surface area contributed by atoms with Gasteiger partial charge in [-0.1, -0.05) is 0 Å². The molecular weight excluding hydrogens is 320 g/mol. The average Bonchev–Trinajstić information content (AvgIpc) is 3.06. The summed E-state index contributed by atoms with van der Waals surface area (Å²) in [5.74, 6) is -1.11. The van der Waals surface area contributed by atoms with Crippen LogP contribution in [-0.2, 0) is 6.54 Å². The Bertz CT molecular complexity index is 698. The SMILES string of the molecule is O=C(NCc1cc(F)ccc1F)c1csc(C2CCCNC2)n1. The van der Waals surface area contributed by atoms with Crippen LogP contribution in [0.25, 0.3) is 0 Å². The summed E-state index contributed by atoms with van der Waals surface area (Å²) in [6.07, 6.45) is 2.17. The monoisotopic (exact) mass is 337 g/mol. The summed E-state index contributed by atoms with van der Waals surface area (Å²) in [5, 5.41) is 8.55. The van der Waals surface area contributed by atoms with Gasteiger partial charge in [0.25, 0.3) is 5.91 Å². The summed E-state index contributed by atoms with van der Waals surface area (Å²) in [5.41, 5.74) is 0.442. The summed E-state index contributed by atoms with van der Waals surface area (Å²) in [6.45, 7) is 1.83. The lowest BCUT2D eigenvalue weighted by Gasteiger charge is -2.20. The Morgan fingerprint density at radius 1 is 1.43 bits per heavy atom. The lowest BCUT2D eigenvalue weighted by atomic mass is 10.0. The Balaban J connectivity index is 1.62. The Hall–Kier alpha value is -1.86. The number of piperidine rings is 1. The van der Waals surface area contributed by atoms with Gasteiger partial charge in [-0.05, 0) is 37.6 Å². The number of hydrogen-bond donors (Lipinski definition) is 2. The molecule has 2 N–H and O–H groups in total. The van der Waals surface area contributed by atoms with Gasteiger partial charge in [-0.25, -0.2) is 13.8 Å².